The summed E-state index contributed by atoms with van der Waals surface area (Å²) in [5, 5.41) is 4.30. The van der Waals surface area contributed by atoms with Crippen LogP contribution >= 0.6 is 0 Å². The van der Waals surface area contributed by atoms with E-state index in [0.29, 0.717) is 12.8 Å². The summed E-state index contributed by atoms with van der Waals surface area (Å²) in [5.74, 6) is -0.577. The third kappa shape index (κ3) is 3.77. The van der Waals surface area contributed by atoms with Crippen LogP contribution in [0.3, 0.4) is 0 Å². The highest BCUT2D eigenvalue weighted by Gasteiger charge is 2.13. The summed E-state index contributed by atoms with van der Waals surface area (Å²) < 4.78 is 41.5. The van der Waals surface area contributed by atoms with Crippen LogP contribution in [0.2, 0.25) is 0 Å². The molecule has 1 N–H and O–H groups in total. The van der Waals surface area contributed by atoms with Crippen LogP contribution in [0, 0.1) is 12.7 Å². The lowest BCUT2D eigenvalue weighted by Crippen LogP contribution is -2.25. The van der Waals surface area contributed by atoms with E-state index < -0.39 is 15.8 Å². The fourth-order valence-corrected chi connectivity index (χ4v) is 3.48. The molecule has 24 heavy (non-hydrogen) atoms. The van der Waals surface area contributed by atoms with E-state index in [9.17, 15) is 12.8 Å². The van der Waals surface area contributed by atoms with Gasteiger partial charge in [-0.15, -0.1) is 0 Å². The van der Waals surface area contributed by atoms with Crippen LogP contribution in [-0.4, -0.2) is 29.6 Å². The first kappa shape index (κ1) is 16.5. The van der Waals surface area contributed by atoms with Gasteiger partial charge in [0.05, 0.1) is 10.6 Å². The number of nitrogens with one attached hydrogen (secondary N) is 1. The molecule has 0 bridgehead atoms. The van der Waals surface area contributed by atoms with Crippen LogP contribution in [-0.2, 0) is 16.4 Å². The molecule has 1 aromatic carbocycles. The van der Waals surface area contributed by atoms with Gasteiger partial charge < -0.3 is 0 Å². The SMILES string of the molecule is Cc1cc2ncc(CCCNS(=O)(=O)c3cccc(F)c3)cn2n1. The number of fused-ring (bicyclic) bond motifs is 1. The van der Waals surface area contributed by atoms with E-state index in [1.807, 2.05) is 19.2 Å². The number of halogens is 1. The lowest BCUT2D eigenvalue weighted by atomic mass is 10.2. The van der Waals surface area contributed by atoms with Gasteiger partial charge in [0.25, 0.3) is 0 Å². The van der Waals surface area contributed by atoms with Crippen molar-refractivity contribution in [3.05, 3.63) is 59.8 Å². The van der Waals surface area contributed by atoms with Crippen LogP contribution in [0.4, 0.5) is 4.39 Å². The highest BCUT2D eigenvalue weighted by molar-refractivity contribution is 7.89. The second kappa shape index (κ2) is 6.66. The standard InChI is InChI=1S/C16H17FN4O2S/c1-12-8-16-18-10-13(11-21(16)20-12)4-3-7-19-24(22,23)15-6-2-5-14(17)9-15/h2,5-6,8-11,19H,3-4,7H2,1H3. The topological polar surface area (TPSA) is 76.4 Å². The number of hydrogen-bond acceptors (Lipinski definition) is 4. The Morgan fingerprint density at radius 3 is 2.92 bits per heavy atom. The van der Waals surface area contributed by atoms with Crippen LogP contribution in [0.5, 0.6) is 0 Å². The summed E-state index contributed by atoms with van der Waals surface area (Å²) in [7, 11) is -3.69. The summed E-state index contributed by atoms with van der Waals surface area (Å²) in [6, 6.07) is 6.83. The molecule has 2 aromatic heterocycles. The molecule has 0 aliphatic heterocycles. The number of sulfonamides is 1. The molecule has 0 unspecified atom stereocenters. The van der Waals surface area contributed by atoms with E-state index in [4.69, 9.17) is 0 Å². The summed E-state index contributed by atoms with van der Waals surface area (Å²) in [5.41, 5.74) is 2.64. The Bertz CT molecular complexity index is 969. The van der Waals surface area contributed by atoms with Gasteiger partial charge in [0.1, 0.15) is 5.82 Å². The van der Waals surface area contributed by atoms with E-state index in [2.05, 4.69) is 14.8 Å². The van der Waals surface area contributed by atoms with Gasteiger partial charge in [0, 0.05) is 25.0 Å². The normalized spacial score (nSPS) is 11.9. The second-order valence-electron chi connectivity index (χ2n) is 5.51. The van der Waals surface area contributed by atoms with E-state index in [1.165, 1.54) is 18.2 Å². The van der Waals surface area contributed by atoms with Crippen molar-refractivity contribution in [1.29, 1.82) is 0 Å². The average Bonchev–Trinajstić information content (AvgIpc) is 2.91. The van der Waals surface area contributed by atoms with Crippen molar-refractivity contribution in [2.45, 2.75) is 24.7 Å². The lowest BCUT2D eigenvalue weighted by molar-refractivity contribution is 0.575. The molecule has 0 saturated carbocycles. The fourth-order valence-electron chi connectivity index (χ4n) is 2.38. The molecule has 0 aliphatic rings. The smallest absolute Gasteiger partial charge is 0.237 e. The first-order valence-electron chi connectivity index (χ1n) is 7.50. The van der Waals surface area contributed by atoms with Gasteiger partial charge in [-0.3, -0.25) is 0 Å². The van der Waals surface area contributed by atoms with Crippen molar-refractivity contribution in [3.8, 4) is 0 Å². The van der Waals surface area contributed by atoms with E-state index >= 15 is 0 Å². The Morgan fingerprint density at radius 1 is 1.29 bits per heavy atom. The molecule has 0 fully saturated rings. The molecule has 3 aromatic rings. The van der Waals surface area contributed by atoms with Crippen molar-refractivity contribution in [1.82, 2.24) is 19.3 Å². The van der Waals surface area contributed by atoms with Crippen molar-refractivity contribution < 1.29 is 12.8 Å². The Kier molecular flexibility index (Phi) is 4.59. The van der Waals surface area contributed by atoms with Crippen LogP contribution in [0.1, 0.15) is 17.7 Å². The predicted octanol–water partition coefficient (Wildman–Crippen LogP) is 2.09. The first-order chi connectivity index (χ1) is 11.4. The zero-order valence-electron chi connectivity index (χ0n) is 13.1. The van der Waals surface area contributed by atoms with Gasteiger partial charge in [0.15, 0.2) is 5.65 Å². The molecule has 0 aliphatic carbocycles. The van der Waals surface area contributed by atoms with Gasteiger partial charge in [-0.05, 0) is 43.5 Å². The molecule has 0 amide bonds. The monoisotopic (exact) mass is 348 g/mol. The third-order valence-electron chi connectivity index (χ3n) is 3.53. The Morgan fingerprint density at radius 2 is 2.12 bits per heavy atom. The molecule has 0 atom stereocenters. The molecular formula is C16H17FN4O2S. The molecule has 2 heterocycles. The average molecular weight is 348 g/mol. The molecule has 0 spiro atoms. The molecule has 6 nitrogen and oxygen atoms in total. The van der Waals surface area contributed by atoms with Crippen molar-refractivity contribution in [2.75, 3.05) is 6.54 Å². The molecular weight excluding hydrogens is 331 g/mol. The maximum absolute atomic E-state index is 13.1. The fraction of sp³-hybridized carbons (Fsp3) is 0.250. The summed E-state index contributed by atoms with van der Waals surface area (Å²) in [4.78, 5) is 4.24. The van der Waals surface area contributed by atoms with E-state index in [1.54, 1.807) is 10.7 Å². The van der Waals surface area contributed by atoms with Gasteiger partial charge in [0.2, 0.25) is 10.0 Å². The lowest BCUT2D eigenvalue weighted by Gasteiger charge is -2.07. The zero-order valence-corrected chi connectivity index (χ0v) is 13.9. The van der Waals surface area contributed by atoms with Gasteiger partial charge >= 0.3 is 0 Å². The molecule has 0 saturated heterocycles. The molecule has 3 rings (SSSR count). The van der Waals surface area contributed by atoms with Crippen molar-refractivity contribution in [3.63, 3.8) is 0 Å². The number of rotatable bonds is 6. The Balaban J connectivity index is 1.57. The number of hydrogen-bond donors (Lipinski definition) is 1. The molecule has 8 heteroatoms. The number of aryl methyl sites for hydroxylation is 2. The number of benzene rings is 1. The van der Waals surface area contributed by atoms with Crippen LogP contribution < -0.4 is 4.72 Å². The minimum absolute atomic E-state index is 0.0717. The molecule has 0 radical (unpaired) electrons. The summed E-state index contributed by atoms with van der Waals surface area (Å²) in [6.45, 7) is 2.16. The highest BCUT2D eigenvalue weighted by atomic mass is 32.2. The summed E-state index contributed by atoms with van der Waals surface area (Å²) >= 11 is 0. The quantitative estimate of drug-likeness (QED) is 0.692. The van der Waals surface area contributed by atoms with Gasteiger partial charge in [-0.25, -0.2) is 27.0 Å². The van der Waals surface area contributed by atoms with Crippen molar-refractivity contribution >= 4 is 15.7 Å². The summed E-state index contributed by atoms with van der Waals surface area (Å²) in [6.07, 6.45) is 4.91. The Labute approximate surface area is 139 Å². The first-order valence-corrected chi connectivity index (χ1v) is 8.98. The third-order valence-corrected chi connectivity index (χ3v) is 4.99. The van der Waals surface area contributed by atoms with E-state index in [-0.39, 0.29) is 11.4 Å². The largest absolute Gasteiger partial charge is 0.240 e. The zero-order chi connectivity index (χ0) is 17.2. The maximum Gasteiger partial charge on any atom is 0.240 e. The van der Waals surface area contributed by atoms with Gasteiger partial charge in [-0.1, -0.05) is 6.07 Å². The highest BCUT2D eigenvalue weighted by Crippen LogP contribution is 2.11. The minimum Gasteiger partial charge on any atom is -0.237 e. The minimum atomic E-state index is -3.69. The van der Waals surface area contributed by atoms with E-state index in [0.717, 1.165) is 23.0 Å². The Hall–Kier alpha value is -2.32. The predicted molar refractivity (Wildman–Crippen MR) is 87.6 cm³/mol. The van der Waals surface area contributed by atoms with Gasteiger partial charge in [-0.2, -0.15) is 5.10 Å². The maximum atomic E-state index is 13.1. The number of aromatic nitrogens is 3. The van der Waals surface area contributed by atoms with Crippen molar-refractivity contribution in [2.24, 2.45) is 0 Å². The number of nitrogens with zero attached hydrogens (tertiary/aromatic N) is 3. The second-order valence-corrected chi connectivity index (χ2v) is 7.28. The van der Waals surface area contributed by atoms with Crippen LogP contribution in [0.25, 0.3) is 5.65 Å². The molecule has 126 valence electrons. The van der Waals surface area contributed by atoms with Crippen LogP contribution in [0.15, 0.2) is 47.6 Å².